The maximum absolute atomic E-state index is 11.7. The van der Waals surface area contributed by atoms with Crippen LogP contribution in [0.5, 0.6) is 11.5 Å². The molecule has 3 rings (SSSR count). The van der Waals surface area contributed by atoms with Gasteiger partial charge in [0, 0.05) is 24.7 Å². The number of rotatable bonds is 6. The number of nitrogens with two attached hydrogens (primary N) is 1. The number of primary amides is 1. The summed E-state index contributed by atoms with van der Waals surface area (Å²) in [4.78, 5) is 15.0. The van der Waals surface area contributed by atoms with Gasteiger partial charge in [-0.25, -0.2) is 0 Å². The van der Waals surface area contributed by atoms with Crippen molar-refractivity contribution in [3.63, 3.8) is 0 Å². The van der Waals surface area contributed by atoms with Gasteiger partial charge in [0.2, 0.25) is 5.91 Å². The van der Waals surface area contributed by atoms with Crippen LogP contribution in [-0.4, -0.2) is 43.2 Å². The molecule has 1 aromatic carbocycles. The number of ether oxygens (including phenoxy) is 2. The number of hydrogen-bond donors (Lipinski definition) is 1. The van der Waals surface area contributed by atoms with Crippen molar-refractivity contribution >= 4 is 17.2 Å². The second kappa shape index (κ2) is 7.45. The van der Waals surface area contributed by atoms with Crippen molar-refractivity contribution in [3.05, 3.63) is 35.2 Å². The first-order chi connectivity index (χ1) is 12.0. The Bertz CT molecular complexity index is 757. The normalized spacial score (nSPS) is 17.8. The van der Waals surface area contributed by atoms with Crippen molar-refractivity contribution in [2.75, 3.05) is 20.2 Å². The third-order valence-corrected chi connectivity index (χ3v) is 5.51. The van der Waals surface area contributed by atoms with Crippen LogP contribution in [-0.2, 0) is 0 Å². The van der Waals surface area contributed by atoms with Gasteiger partial charge in [-0.15, -0.1) is 11.3 Å². The summed E-state index contributed by atoms with van der Waals surface area (Å²) in [7, 11) is 1.63. The summed E-state index contributed by atoms with van der Waals surface area (Å²) < 4.78 is 11.7. The Balaban J connectivity index is 1.92. The van der Waals surface area contributed by atoms with Crippen molar-refractivity contribution < 1.29 is 14.3 Å². The van der Waals surface area contributed by atoms with Gasteiger partial charge in [-0.1, -0.05) is 0 Å². The first kappa shape index (κ1) is 17.8. The number of carbonyl (C=O) groups excluding carboxylic acids is 1. The molecule has 6 heteroatoms. The second-order valence-electron chi connectivity index (χ2n) is 6.51. The molecular weight excluding hydrogens is 336 g/mol. The lowest BCUT2D eigenvalue weighted by Crippen LogP contribution is -2.30. The molecule has 134 valence electrons. The molecule has 0 aliphatic carbocycles. The molecule has 2 heterocycles. The van der Waals surface area contributed by atoms with Crippen LogP contribution < -0.4 is 15.2 Å². The molecule has 1 atom stereocenters. The van der Waals surface area contributed by atoms with Crippen molar-refractivity contribution in [2.24, 2.45) is 5.73 Å². The summed E-state index contributed by atoms with van der Waals surface area (Å²) >= 11 is 1.48. The van der Waals surface area contributed by atoms with Gasteiger partial charge in [0.25, 0.3) is 0 Å². The lowest BCUT2D eigenvalue weighted by molar-refractivity contribution is 0.100. The third kappa shape index (κ3) is 3.80. The zero-order chi connectivity index (χ0) is 18.0. The quantitative estimate of drug-likeness (QED) is 0.858. The van der Waals surface area contributed by atoms with Crippen LogP contribution in [0.4, 0.5) is 0 Å². The second-order valence-corrected chi connectivity index (χ2v) is 7.42. The molecule has 25 heavy (non-hydrogen) atoms. The molecule has 1 aliphatic heterocycles. The zero-order valence-corrected chi connectivity index (χ0v) is 15.6. The highest BCUT2D eigenvalue weighted by atomic mass is 32.1. The monoisotopic (exact) mass is 360 g/mol. The standard InChI is InChI=1S/C19H24N2O3S/c1-12(2)21-8-6-14(11-21)24-17-5-4-13(23-3)10-16(17)18-15(19(20)22)7-9-25-18/h4-5,7,9-10,12,14H,6,8,11H2,1-3H3,(H2,20,22). The number of nitrogens with zero attached hydrogens (tertiary/aromatic N) is 1. The van der Waals surface area contributed by atoms with E-state index < -0.39 is 5.91 Å². The predicted molar refractivity (Wildman–Crippen MR) is 101 cm³/mol. The van der Waals surface area contributed by atoms with E-state index in [9.17, 15) is 4.79 Å². The Labute approximate surface area is 152 Å². The first-order valence-electron chi connectivity index (χ1n) is 8.46. The molecule has 1 saturated heterocycles. The Morgan fingerprint density at radius 3 is 2.80 bits per heavy atom. The van der Waals surface area contributed by atoms with E-state index in [0.717, 1.165) is 41.4 Å². The van der Waals surface area contributed by atoms with E-state index >= 15 is 0 Å². The summed E-state index contributed by atoms with van der Waals surface area (Å²) in [6.07, 6.45) is 1.14. The fourth-order valence-electron chi connectivity index (χ4n) is 3.13. The van der Waals surface area contributed by atoms with E-state index in [2.05, 4.69) is 18.7 Å². The van der Waals surface area contributed by atoms with E-state index in [1.165, 1.54) is 11.3 Å². The summed E-state index contributed by atoms with van der Waals surface area (Å²) in [5.41, 5.74) is 6.89. The summed E-state index contributed by atoms with van der Waals surface area (Å²) in [5, 5.41) is 1.87. The lowest BCUT2D eigenvalue weighted by Gasteiger charge is -2.21. The third-order valence-electron chi connectivity index (χ3n) is 4.56. The van der Waals surface area contributed by atoms with Gasteiger partial charge in [0.15, 0.2) is 0 Å². The minimum atomic E-state index is -0.433. The van der Waals surface area contributed by atoms with E-state index in [4.69, 9.17) is 15.2 Å². The van der Waals surface area contributed by atoms with Crippen LogP contribution in [0, 0.1) is 0 Å². The molecule has 1 aliphatic rings. The number of benzene rings is 1. The van der Waals surface area contributed by atoms with E-state index in [1.54, 1.807) is 13.2 Å². The average Bonchev–Trinajstić information content (AvgIpc) is 3.24. The molecular formula is C19H24N2O3S. The maximum atomic E-state index is 11.7. The molecule has 5 nitrogen and oxygen atoms in total. The number of hydrogen-bond acceptors (Lipinski definition) is 5. The molecule has 0 spiro atoms. The largest absolute Gasteiger partial charge is 0.497 e. The molecule has 2 aromatic rings. The van der Waals surface area contributed by atoms with E-state index in [0.29, 0.717) is 11.6 Å². The Kier molecular flexibility index (Phi) is 5.30. The van der Waals surface area contributed by atoms with Gasteiger partial charge >= 0.3 is 0 Å². The van der Waals surface area contributed by atoms with Crippen LogP contribution in [0.1, 0.15) is 30.6 Å². The van der Waals surface area contributed by atoms with Crippen molar-refractivity contribution in [1.29, 1.82) is 0 Å². The van der Waals surface area contributed by atoms with Crippen LogP contribution >= 0.6 is 11.3 Å². The molecule has 0 radical (unpaired) electrons. The van der Waals surface area contributed by atoms with E-state index in [1.807, 2.05) is 23.6 Å². The lowest BCUT2D eigenvalue weighted by atomic mass is 10.1. The summed E-state index contributed by atoms with van der Waals surface area (Å²) in [5.74, 6) is 1.06. The number of thiophene rings is 1. The van der Waals surface area contributed by atoms with Gasteiger partial charge in [-0.2, -0.15) is 0 Å². The SMILES string of the molecule is COc1ccc(OC2CCN(C(C)C)C2)c(-c2sccc2C(N)=O)c1. The Morgan fingerprint density at radius 2 is 2.16 bits per heavy atom. The first-order valence-corrected chi connectivity index (χ1v) is 9.34. The Morgan fingerprint density at radius 1 is 1.36 bits per heavy atom. The number of methoxy groups -OCH3 is 1. The molecule has 0 saturated carbocycles. The number of likely N-dealkylation sites (tertiary alicyclic amines) is 1. The smallest absolute Gasteiger partial charge is 0.250 e. The molecule has 1 amide bonds. The summed E-state index contributed by atoms with van der Waals surface area (Å²) in [6.45, 7) is 6.35. The highest BCUT2D eigenvalue weighted by Crippen LogP contribution is 2.39. The van der Waals surface area contributed by atoms with Gasteiger partial charge < -0.3 is 15.2 Å². The van der Waals surface area contributed by atoms with E-state index in [-0.39, 0.29) is 6.10 Å². The van der Waals surface area contributed by atoms with Crippen molar-refractivity contribution in [3.8, 4) is 21.9 Å². The topological polar surface area (TPSA) is 64.8 Å². The Hall–Kier alpha value is -2.05. The zero-order valence-electron chi connectivity index (χ0n) is 14.8. The molecule has 2 N–H and O–H groups in total. The van der Waals surface area contributed by atoms with Gasteiger partial charge in [-0.3, -0.25) is 9.69 Å². The number of carbonyl (C=O) groups is 1. The molecule has 0 bridgehead atoms. The van der Waals surface area contributed by atoms with Gasteiger partial charge in [-0.05, 0) is 49.9 Å². The molecule has 1 unspecified atom stereocenters. The fourth-order valence-corrected chi connectivity index (χ4v) is 4.05. The molecule has 1 fully saturated rings. The minimum absolute atomic E-state index is 0.145. The average molecular weight is 360 g/mol. The maximum Gasteiger partial charge on any atom is 0.250 e. The highest BCUT2D eigenvalue weighted by molar-refractivity contribution is 7.14. The van der Waals surface area contributed by atoms with Gasteiger partial charge in [0.05, 0.1) is 17.6 Å². The van der Waals surface area contributed by atoms with Crippen LogP contribution in [0.3, 0.4) is 0 Å². The fraction of sp³-hybridized carbons (Fsp3) is 0.421. The van der Waals surface area contributed by atoms with Gasteiger partial charge in [0.1, 0.15) is 17.6 Å². The molecule has 1 aromatic heterocycles. The van der Waals surface area contributed by atoms with Crippen molar-refractivity contribution in [1.82, 2.24) is 4.90 Å². The van der Waals surface area contributed by atoms with Crippen LogP contribution in [0.2, 0.25) is 0 Å². The van der Waals surface area contributed by atoms with Crippen LogP contribution in [0.25, 0.3) is 10.4 Å². The minimum Gasteiger partial charge on any atom is -0.497 e. The van der Waals surface area contributed by atoms with Crippen molar-refractivity contribution in [2.45, 2.75) is 32.4 Å². The summed E-state index contributed by atoms with van der Waals surface area (Å²) in [6, 6.07) is 7.97. The number of amides is 1. The predicted octanol–water partition coefficient (Wildman–Crippen LogP) is 3.38. The highest BCUT2D eigenvalue weighted by Gasteiger charge is 2.27. The van der Waals surface area contributed by atoms with Crippen LogP contribution in [0.15, 0.2) is 29.6 Å².